The van der Waals surface area contributed by atoms with E-state index in [4.69, 9.17) is 4.42 Å². The van der Waals surface area contributed by atoms with Gasteiger partial charge >= 0.3 is 6.43 Å². The van der Waals surface area contributed by atoms with Gasteiger partial charge in [0.15, 0.2) is 0 Å². The molecule has 0 amide bonds. The molecule has 0 fully saturated rings. The van der Waals surface area contributed by atoms with E-state index < -0.39 is 18.1 Å². The number of nitrogens with zero attached hydrogens (tertiary/aromatic N) is 8. The van der Waals surface area contributed by atoms with E-state index in [0.29, 0.717) is 17.3 Å². The highest BCUT2D eigenvalue weighted by Crippen LogP contribution is 2.26. The fraction of sp³-hybridized carbons (Fsp3) is 0.150. The first kappa shape index (κ1) is 20.5. The molecule has 0 radical (unpaired) electrons. The fourth-order valence-electron chi connectivity index (χ4n) is 3.14. The molecule has 13 heteroatoms. The molecule has 10 nitrogen and oxygen atoms in total. The molecule has 0 aliphatic heterocycles. The van der Waals surface area contributed by atoms with E-state index in [0.717, 1.165) is 16.5 Å². The van der Waals surface area contributed by atoms with E-state index >= 15 is 0 Å². The number of rotatable bonds is 6. The number of nitrogens with one attached hydrogen (secondary N) is 1. The van der Waals surface area contributed by atoms with E-state index in [-0.39, 0.29) is 18.0 Å². The molecular formula is C20H14F3N9O. The molecule has 166 valence electrons. The molecule has 0 aliphatic carbocycles. The fourth-order valence-corrected chi connectivity index (χ4v) is 3.14. The van der Waals surface area contributed by atoms with Gasteiger partial charge in [-0.3, -0.25) is 0 Å². The van der Waals surface area contributed by atoms with Gasteiger partial charge in [0, 0.05) is 24.2 Å². The lowest BCUT2D eigenvalue weighted by atomic mass is 10.1. The topological polar surface area (TPSA) is 120 Å². The van der Waals surface area contributed by atoms with Crippen LogP contribution in [0.3, 0.4) is 0 Å². The Balaban J connectivity index is 1.35. The van der Waals surface area contributed by atoms with E-state index in [1.165, 1.54) is 16.9 Å². The Morgan fingerprint density at radius 3 is 2.73 bits per heavy atom. The van der Waals surface area contributed by atoms with Gasteiger partial charge in [-0.2, -0.15) is 13.6 Å². The Morgan fingerprint density at radius 2 is 1.97 bits per heavy atom. The normalized spacial score (nSPS) is 11.4. The molecule has 0 spiro atoms. The van der Waals surface area contributed by atoms with Crippen molar-refractivity contribution in [3.05, 3.63) is 59.9 Å². The second-order valence-electron chi connectivity index (χ2n) is 6.92. The quantitative estimate of drug-likeness (QED) is 0.412. The summed E-state index contributed by atoms with van der Waals surface area (Å²) >= 11 is 0. The van der Waals surface area contributed by atoms with Crippen molar-refractivity contribution in [2.45, 2.75) is 13.0 Å². The van der Waals surface area contributed by atoms with Crippen LogP contribution >= 0.6 is 0 Å². The molecule has 33 heavy (non-hydrogen) atoms. The summed E-state index contributed by atoms with van der Waals surface area (Å²) in [6.07, 6.45) is -1.23. The maximum Gasteiger partial charge on any atom is 0.314 e. The van der Waals surface area contributed by atoms with Gasteiger partial charge in [0.25, 0.3) is 11.8 Å². The Bertz CT molecular complexity index is 1450. The first-order chi connectivity index (χ1) is 16.0. The monoisotopic (exact) mass is 453 g/mol. The highest BCUT2D eigenvalue weighted by atomic mass is 19.3. The zero-order chi connectivity index (χ0) is 22.9. The average molecular weight is 453 g/mol. The zero-order valence-electron chi connectivity index (χ0n) is 16.9. The van der Waals surface area contributed by atoms with Crippen LogP contribution in [0, 0.1) is 5.82 Å². The number of hydrogen-bond donors (Lipinski definition) is 1. The van der Waals surface area contributed by atoms with E-state index in [2.05, 4.69) is 40.9 Å². The number of alkyl halides is 2. The molecule has 3 heterocycles. The van der Waals surface area contributed by atoms with Crippen LogP contribution in [0.15, 0.2) is 47.0 Å². The molecule has 1 N–H and O–H groups in total. The van der Waals surface area contributed by atoms with Crippen molar-refractivity contribution in [3.63, 3.8) is 0 Å². The SMILES string of the molecule is CNc1ncc2cc(-c3nnn(Cc4ccc(-c5nnc(C(F)F)o5)c(F)c4)n3)ccc2n1. The standard InChI is InChI=1S/C20H14F3N9O/c1-24-20-25-8-12-7-11(3-5-15(12)26-20)17-27-31-32(30-17)9-10-2-4-13(14(21)6-10)18-28-29-19(33-18)16(22)23/h2-8,16H,9H2,1H3,(H,24,25,26). The van der Waals surface area contributed by atoms with Gasteiger partial charge in [-0.05, 0) is 41.1 Å². The summed E-state index contributed by atoms with van der Waals surface area (Å²) in [5, 5.41) is 22.8. The zero-order valence-corrected chi connectivity index (χ0v) is 16.9. The number of tetrazole rings is 1. The minimum Gasteiger partial charge on any atom is -0.415 e. The van der Waals surface area contributed by atoms with Crippen molar-refractivity contribution < 1.29 is 17.6 Å². The Kier molecular flexibility index (Phi) is 5.12. The third-order valence-corrected chi connectivity index (χ3v) is 4.73. The summed E-state index contributed by atoms with van der Waals surface area (Å²) in [6.45, 7) is 0.137. The van der Waals surface area contributed by atoms with Gasteiger partial charge in [-0.25, -0.2) is 14.4 Å². The molecule has 0 unspecified atom stereocenters. The summed E-state index contributed by atoms with van der Waals surface area (Å²) in [6, 6.07) is 9.68. The Morgan fingerprint density at radius 1 is 1.09 bits per heavy atom. The largest absolute Gasteiger partial charge is 0.415 e. The first-order valence-corrected chi connectivity index (χ1v) is 9.63. The summed E-state index contributed by atoms with van der Waals surface area (Å²) < 4.78 is 44.6. The number of fused-ring (bicyclic) bond motifs is 1. The number of anilines is 1. The lowest BCUT2D eigenvalue weighted by Crippen LogP contribution is -2.04. The second-order valence-corrected chi connectivity index (χ2v) is 6.92. The second kappa shape index (κ2) is 8.26. The van der Waals surface area contributed by atoms with Gasteiger partial charge in [0.2, 0.25) is 11.8 Å². The van der Waals surface area contributed by atoms with Crippen LogP contribution in [0.1, 0.15) is 17.9 Å². The number of aromatic nitrogens is 8. The number of hydrogen-bond acceptors (Lipinski definition) is 9. The van der Waals surface area contributed by atoms with Crippen LogP contribution in [0.25, 0.3) is 33.7 Å². The molecule has 5 aromatic rings. The van der Waals surface area contributed by atoms with Crippen LogP contribution in [-0.4, -0.2) is 47.4 Å². The van der Waals surface area contributed by atoms with Crippen molar-refractivity contribution in [2.24, 2.45) is 0 Å². The maximum absolute atomic E-state index is 14.5. The summed E-state index contributed by atoms with van der Waals surface area (Å²) in [7, 11) is 1.74. The van der Waals surface area contributed by atoms with Crippen LogP contribution in [0.2, 0.25) is 0 Å². The van der Waals surface area contributed by atoms with E-state index in [1.54, 1.807) is 19.3 Å². The predicted octanol–water partition coefficient (Wildman–Crippen LogP) is 3.50. The van der Waals surface area contributed by atoms with Gasteiger partial charge in [-0.1, -0.05) is 6.07 Å². The van der Waals surface area contributed by atoms with Crippen molar-refractivity contribution in [1.29, 1.82) is 0 Å². The van der Waals surface area contributed by atoms with Crippen LogP contribution < -0.4 is 5.32 Å². The van der Waals surface area contributed by atoms with Gasteiger partial charge in [0.1, 0.15) is 5.82 Å². The minimum atomic E-state index is -2.93. The average Bonchev–Trinajstić information content (AvgIpc) is 3.49. The van der Waals surface area contributed by atoms with Crippen molar-refractivity contribution >= 4 is 16.9 Å². The smallest absolute Gasteiger partial charge is 0.314 e. The molecule has 2 aromatic carbocycles. The van der Waals surface area contributed by atoms with Crippen molar-refractivity contribution in [2.75, 3.05) is 12.4 Å². The molecule has 0 bridgehead atoms. The highest BCUT2D eigenvalue weighted by molar-refractivity contribution is 5.83. The minimum absolute atomic E-state index is 0.0785. The Labute approximate surface area is 183 Å². The third-order valence-electron chi connectivity index (χ3n) is 4.73. The summed E-state index contributed by atoms with van der Waals surface area (Å²) in [4.78, 5) is 9.88. The molecular weight excluding hydrogens is 439 g/mol. The van der Waals surface area contributed by atoms with Crippen LogP contribution in [0.4, 0.5) is 19.1 Å². The molecule has 0 saturated carbocycles. The third kappa shape index (κ3) is 4.07. The summed E-state index contributed by atoms with van der Waals surface area (Å²) in [5.41, 5.74) is 1.94. The number of halogens is 3. The highest BCUT2D eigenvalue weighted by Gasteiger charge is 2.19. The lowest BCUT2D eigenvalue weighted by Gasteiger charge is -2.03. The van der Waals surface area contributed by atoms with Crippen molar-refractivity contribution in [3.8, 4) is 22.8 Å². The van der Waals surface area contributed by atoms with Crippen LogP contribution in [0.5, 0.6) is 0 Å². The Hall–Kier alpha value is -4.42. The van der Waals surface area contributed by atoms with E-state index in [9.17, 15) is 13.2 Å². The number of benzene rings is 2. The van der Waals surface area contributed by atoms with Crippen molar-refractivity contribution in [1.82, 2.24) is 40.4 Å². The molecule has 5 rings (SSSR count). The van der Waals surface area contributed by atoms with Gasteiger partial charge < -0.3 is 9.73 Å². The molecule has 0 aliphatic rings. The van der Waals surface area contributed by atoms with Gasteiger partial charge in [-0.15, -0.1) is 20.4 Å². The van der Waals surface area contributed by atoms with Crippen LogP contribution in [-0.2, 0) is 6.54 Å². The maximum atomic E-state index is 14.5. The predicted molar refractivity (Wildman–Crippen MR) is 110 cm³/mol. The first-order valence-electron chi connectivity index (χ1n) is 9.63. The lowest BCUT2D eigenvalue weighted by molar-refractivity contribution is 0.116. The van der Waals surface area contributed by atoms with E-state index in [1.807, 2.05) is 18.2 Å². The molecule has 0 saturated heterocycles. The molecule has 0 atom stereocenters. The summed E-state index contributed by atoms with van der Waals surface area (Å²) in [5.74, 6) is -0.982. The molecule has 3 aromatic heterocycles. The van der Waals surface area contributed by atoms with Gasteiger partial charge in [0.05, 0.1) is 17.6 Å².